The zero-order valence-electron chi connectivity index (χ0n) is 16.5. The second-order valence-electron chi connectivity index (χ2n) is 7.58. The average Bonchev–Trinajstić information content (AvgIpc) is 2.71. The quantitative estimate of drug-likeness (QED) is 0.792. The van der Waals surface area contributed by atoms with Gasteiger partial charge in [0.15, 0.2) is 0 Å². The Morgan fingerprint density at radius 1 is 1.07 bits per heavy atom. The van der Waals surface area contributed by atoms with E-state index in [1.54, 1.807) is 0 Å². The molecular weight excluding hydrogens is 352 g/mol. The minimum Gasteiger partial charge on any atom is -0.445 e. The molecule has 5 nitrogen and oxygen atoms in total. The van der Waals surface area contributed by atoms with Gasteiger partial charge in [0.1, 0.15) is 12.6 Å². The van der Waals surface area contributed by atoms with E-state index in [4.69, 9.17) is 4.74 Å². The number of carbonyl (C=O) groups is 2. The standard InChI is InChI=1S/C23H28N2O3/c1-16(2)21(25-23(27)28-15-17-9-4-3-5-10-17)22(26)24-20-14-8-12-18-11-6-7-13-19(18)20/h3-7,9-11,13,16,20-21H,8,12,14-15H2,1-2H3,(H,24,26)(H,25,27)/t20?,21-/m0/s1. The Bertz CT molecular complexity index is 805. The zero-order valence-corrected chi connectivity index (χ0v) is 16.5. The van der Waals surface area contributed by atoms with E-state index in [1.807, 2.05) is 56.3 Å². The van der Waals surface area contributed by atoms with Gasteiger partial charge in [0.2, 0.25) is 5.91 Å². The van der Waals surface area contributed by atoms with Gasteiger partial charge in [0.25, 0.3) is 0 Å². The van der Waals surface area contributed by atoms with Crippen molar-refractivity contribution in [2.45, 2.75) is 51.8 Å². The van der Waals surface area contributed by atoms with Gasteiger partial charge in [-0.15, -0.1) is 0 Å². The van der Waals surface area contributed by atoms with Crippen LogP contribution in [0.4, 0.5) is 4.79 Å². The Morgan fingerprint density at radius 2 is 1.79 bits per heavy atom. The van der Waals surface area contributed by atoms with E-state index in [1.165, 1.54) is 11.1 Å². The number of carbonyl (C=O) groups excluding carboxylic acids is 2. The number of amides is 2. The minimum atomic E-state index is -0.641. The third-order valence-electron chi connectivity index (χ3n) is 5.12. The first kappa shape index (κ1) is 19.9. The summed E-state index contributed by atoms with van der Waals surface area (Å²) in [6.07, 6.45) is 2.41. The normalized spacial score (nSPS) is 16.8. The van der Waals surface area contributed by atoms with E-state index in [0.29, 0.717) is 0 Å². The highest BCUT2D eigenvalue weighted by molar-refractivity contribution is 5.86. The molecule has 2 atom stereocenters. The lowest BCUT2D eigenvalue weighted by atomic mass is 9.87. The van der Waals surface area contributed by atoms with Crippen molar-refractivity contribution < 1.29 is 14.3 Å². The lowest BCUT2D eigenvalue weighted by Crippen LogP contribution is -2.50. The third kappa shape index (κ3) is 5.12. The van der Waals surface area contributed by atoms with Crippen LogP contribution in [0.2, 0.25) is 0 Å². The fraction of sp³-hybridized carbons (Fsp3) is 0.391. The summed E-state index contributed by atoms with van der Waals surface area (Å²) in [6.45, 7) is 4.00. The number of alkyl carbamates (subject to hydrolysis) is 1. The largest absolute Gasteiger partial charge is 0.445 e. The molecule has 1 aliphatic rings. The molecule has 0 bridgehead atoms. The van der Waals surface area contributed by atoms with Crippen molar-refractivity contribution in [2.24, 2.45) is 5.92 Å². The van der Waals surface area contributed by atoms with Gasteiger partial charge in [-0.25, -0.2) is 4.79 Å². The molecule has 1 unspecified atom stereocenters. The van der Waals surface area contributed by atoms with Crippen molar-refractivity contribution in [3.63, 3.8) is 0 Å². The van der Waals surface area contributed by atoms with Gasteiger partial charge >= 0.3 is 6.09 Å². The molecule has 0 fully saturated rings. The monoisotopic (exact) mass is 380 g/mol. The van der Waals surface area contributed by atoms with Gasteiger partial charge in [-0.05, 0) is 41.9 Å². The molecule has 0 saturated carbocycles. The van der Waals surface area contributed by atoms with Crippen LogP contribution >= 0.6 is 0 Å². The highest BCUT2D eigenvalue weighted by Crippen LogP contribution is 2.29. The van der Waals surface area contributed by atoms with Gasteiger partial charge in [-0.1, -0.05) is 68.4 Å². The van der Waals surface area contributed by atoms with Crippen LogP contribution in [0, 0.1) is 5.92 Å². The first-order valence-electron chi connectivity index (χ1n) is 9.90. The van der Waals surface area contributed by atoms with Gasteiger partial charge in [0.05, 0.1) is 6.04 Å². The summed E-state index contributed by atoms with van der Waals surface area (Å²) in [5.74, 6) is -0.225. The molecule has 2 amide bonds. The first-order chi connectivity index (χ1) is 13.5. The molecule has 0 radical (unpaired) electrons. The first-order valence-corrected chi connectivity index (χ1v) is 9.90. The SMILES string of the molecule is CC(C)[C@H](NC(=O)OCc1ccccc1)C(=O)NC1CCCc2ccccc21. The summed E-state index contributed by atoms with van der Waals surface area (Å²) in [5.41, 5.74) is 3.37. The molecule has 28 heavy (non-hydrogen) atoms. The third-order valence-corrected chi connectivity index (χ3v) is 5.12. The van der Waals surface area contributed by atoms with Gasteiger partial charge in [-0.2, -0.15) is 0 Å². The second kappa shape index (κ2) is 9.40. The van der Waals surface area contributed by atoms with Crippen molar-refractivity contribution in [2.75, 3.05) is 0 Å². The number of aryl methyl sites for hydroxylation is 1. The number of nitrogens with one attached hydrogen (secondary N) is 2. The molecule has 148 valence electrons. The number of fused-ring (bicyclic) bond motifs is 1. The second-order valence-corrected chi connectivity index (χ2v) is 7.58. The van der Waals surface area contributed by atoms with E-state index < -0.39 is 12.1 Å². The van der Waals surface area contributed by atoms with Crippen LogP contribution in [0.5, 0.6) is 0 Å². The lowest BCUT2D eigenvalue weighted by Gasteiger charge is -2.29. The van der Waals surface area contributed by atoms with Gasteiger partial charge in [-0.3, -0.25) is 4.79 Å². The molecule has 0 spiro atoms. The van der Waals surface area contributed by atoms with Crippen molar-refractivity contribution in [1.82, 2.24) is 10.6 Å². The minimum absolute atomic E-state index is 0.0131. The van der Waals surface area contributed by atoms with E-state index in [-0.39, 0.29) is 24.5 Å². The maximum absolute atomic E-state index is 12.9. The van der Waals surface area contributed by atoms with Crippen molar-refractivity contribution in [1.29, 1.82) is 0 Å². The predicted molar refractivity (Wildman–Crippen MR) is 109 cm³/mol. The number of hydrogen-bond donors (Lipinski definition) is 2. The molecule has 3 rings (SSSR count). The summed E-state index contributed by atoms with van der Waals surface area (Å²) in [7, 11) is 0. The Labute approximate surface area is 166 Å². The van der Waals surface area contributed by atoms with Crippen LogP contribution in [-0.2, 0) is 22.6 Å². The van der Waals surface area contributed by atoms with Crippen LogP contribution in [-0.4, -0.2) is 18.0 Å². The Kier molecular flexibility index (Phi) is 6.69. The van der Waals surface area contributed by atoms with Crippen LogP contribution in [0.15, 0.2) is 54.6 Å². The van der Waals surface area contributed by atoms with Crippen LogP contribution < -0.4 is 10.6 Å². The fourth-order valence-corrected chi connectivity index (χ4v) is 3.59. The number of hydrogen-bond acceptors (Lipinski definition) is 3. The highest BCUT2D eigenvalue weighted by Gasteiger charge is 2.28. The van der Waals surface area contributed by atoms with Crippen LogP contribution in [0.25, 0.3) is 0 Å². The zero-order chi connectivity index (χ0) is 19.9. The summed E-state index contributed by atoms with van der Waals surface area (Å²) in [4.78, 5) is 25.1. The molecule has 0 saturated heterocycles. The maximum atomic E-state index is 12.9. The summed E-state index contributed by atoms with van der Waals surface area (Å²) < 4.78 is 5.28. The van der Waals surface area contributed by atoms with Crippen molar-refractivity contribution in [3.05, 3.63) is 71.3 Å². The summed E-state index contributed by atoms with van der Waals surface area (Å²) in [5, 5.41) is 5.85. The molecule has 1 aliphatic carbocycles. The van der Waals surface area contributed by atoms with E-state index in [9.17, 15) is 9.59 Å². The maximum Gasteiger partial charge on any atom is 0.408 e. The van der Waals surface area contributed by atoms with E-state index >= 15 is 0 Å². The molecule has 2 aromatic rings. The van der Waals surface area contributed by atoms with Gasteiger partial charge in [0, 0.05) is 0 Å². The summed E-state index contributed by atoms with van der Waals surface area (Å²) in [6, 6.07) is 17.0. The fourth-order valence-electron chi connectivity index (χ4n) is 3.59. The molecule has 0 aromatic heterocycles. The summed E-state index contributed by atoms with van der Waals surface area (Å²) >= 11 is 0. The van der Waals surface area contributed by atoms with Crippen molar-refractivity contribution in [3.8, 4) is 0 Å². The van der Waals surface area contributed by atoms with E-state index in [2.05, 4.69) is 22.8 Å². The number of ether oxygens (including phenoxy) is 1. The molecule has 5 heteroatoms. The highest BCUT2D eigenvalue weighted by atomic mass is 16.5. The average molecular weight is 380 g/mol. The smallest absolute Gasteiger partial charge is 0.408 e. The molecule has 2 aromatic carbocycles. The lowest BCUT2D eigenvalue weighted by molar-refractivity contribution is -0.124. The molecule has 0 aliphatic heterocycles. The topological polar surface area (TPSA) is 67.4 Å². The Balaban J connectivity index is 1.59. The van der Waals surface area contributed by atoms with Crippen molar-refractivity contribution >= 4 is 12.0 Å². The number of benzene rings is 2. The Hall–Kier alpha value is -2.82. The molecule has 2 N–H and O–H groups in total. The van der Waals surface area contributed by atoms with Gasteiger partial charge < -0.3 is 15.4 Å². The predicted octanol–water partition coefficient (Wildman–Crippen LogP) is 4.13. The molecular formula is C23H28N2O3. The van der Waals surface area contributed by atoms with Crippen LogP contribution in [0.3, 0.4) is 0 Å². The Morgan fingerprint density at radius 3 is 2.54 bits per heavy atom. The van der Waals surface area contributed by atoms with E-state index in [0.717, 1.165) is 24.8 Å². The number of rotatable bonds is 6. The molecule has 0 heterocycles. The van der Waals surface area contributed by atoms with Crippen LogP contribution in [0.1, 0.15) is 49.4 Å².